The van der Waals surface area contributed by atoms with E-state index in [2.05, 4.69) is 25.3 Å². The Morgan fingerprint density at radius 3 is 2.91 bits per heavy atom. The second-order valence-electron chi connectivity index (χ2n) is 7.25. The zero-order valence-electron chi connectivity index (χ0n) is 14.2. The van der Waals surface area contributed by atoms with Crippen LogP contribution in [0, 0.1) is 12.8 Å². The number of rotatable bonds is 2. The number of hydrogen-bond acceptors (Lipinski definition) is 5. The summed E-state index contributed by atoms with van der Waals surface area (Å²) in [5.41, 5.74) is 0.702. The van der Waals surface area contributed by atoms with Crippen LogP contribution in [0.15, 0.2) is 12.4 Å². The Labute approximate surface area is 136 Å². The largest absolute Gasteiger partial charge is 0.356 e. The van der Waals surface area contributed by atoms with Gasteiger partial charge in [0.1, 0.15) is 12.1 Å². The highest BCUT2D eigenvalue weighted by Crippen LogP contribution is 2.24. The van der Waals surface area contributed by atoms with Gasteiger partial charge >= 0.3 is 0 Å². The molecule has 1 amide bonds. The van der Waals surface area contributed by atoms with E-state index in [0.717, 1.165) is 30.9 Å². The summed E-state index contributed by atoms with van der Waals surface area (Å²) in [6, 6.07) is 2.01. The molecule has 0 aromatic carbocycles. The monoisotopic (exact) mass is 316 g/mol. The normalized spacial score (nSPS) is 19.1. The summed E-state index contributed by atoms with van der Waals surface area (Å²) < 4.78 is 1.75. The van der Waals surface area contributed by atoms with Crippen LogP contribution in [-0.2, 0) is 4.79 Å². The number of aryl methyl sites for hydroxylation is 1. The molecule has 3 heterocycles. The molecule has 2 aromatic heterocycles. The fraction of sp³-hybridized carbons (Fsp3) is 0.625. The average Bonchev–Trinajstić information content (AvgIpc) is 2.92. The SMILES string of the molecule is Cc1cc(N2CCCC(C(=O)NC(C)(C)C)C2)n2ncnc2n1. The molecule has 7 nitrogen and oxygen atoms in total. The summed E-state index contributed by atoms with van der Waals surface area (Å²) in [5, 5.41) is 7.36. The molecule has 1 fully saturated rings. The second-order valence-corrected chi connectivity index (χ2v) is 7.25. The first kappa shape index (κ1) is 15.7. The van der Waals surface area contributed by atoms with Crippen molar-refractivity contribution in [1.82, 2.24) is 24.9 Å². The van der Waals surface area contributed by atoms with Crippen molar-refractivity contribution in [1.29, 1.82) is 0 Å². The topological polar surface area (TPSA) is 75.4 Å². The fourth-order valence-corrected chi connectivity index (χ4v) is 3.01. The quantitative estimate of drug-likeness (QED) is 0.910. The van der Waals surface area contributed by atoms with Gasteiger partial charge in [-0.15, -0.1) is 0 Å². The molecule has 0 radical (unpaired) electrons. The Morgan fingerprint density at radius 1 is 1.39 bits per heavy atom. The molecule has 23 heavy (non-hydrogen) atoms. The number of carbonyl (C=O) groups is 1. The van der Waals surface area contributed by atoms with Gasteiger partial charge in [-0.25, -0.2) is 4.98 Å². The third-order valence-corrected chi connectivity index (χ3v) is 3.98. The van der Waals surface area contributed by atoms with Crippen LogP contribution in [-0.4, -0.2) is 44.1 Å². The molecule has 1 atom stereocenters. The van der Waals surface area contributed by atoms with Gasteiger partial charge < -0.3 is 10.2 Å². The van der Waals surface area contributed by atoms with Gasteiger partial charge in [-0.3, -0.25) is 4.79 Å². The number of fused-ring (bicyclic) bond motifs is 1. The standard InChI is InChI=1S/C16H24N6O/c1-11-8-13(22-15(19-11)17-10-18-22)21-7-5-6-12(9-21)14(23)20-16(2,3)4/h8,10,12H,5-7,9H2,1-4H3,(H,20,23). The maximum absolute atomic E-state index is 12.5. The predicted molar refractivity (Wildman–Crippen MR) is 88.4 cm³/mol. The third-order valence-electron chi connectivity index (χ3n) is 3.98. The molecule has 1 N–H and O–H groups in total. The second kappa shape index (κ2) is 5.79. The van der Waals surface area contributed by atoms with Crippen molar-refractivity contribution in [3.8, 4) is 0 Å². The maximum atomic E-state index is 12.5. The van der Waals surface area contributed by atoms with Gasteiger partial charge in [0.15, 0.2) is 0 Å². The molecule has 1 unspecified atom stereocenters. The van der Waals surface area contributed by atoms with Crippen molar-refractivity contribution < 1.29 is 4.79 Å². The smallest absolute Gasteiger partial charge is 0.254 e. The zero-order chi connectivity index (χ0) is 16.6. The van der Waals surface area contributed by atoms with Crippen LogP contribution in [0.2, 0.25) is 0 Å². The van der Waals surface area contributed by atoms with E-state index in [1.165, 1.54) is 6.33 Å². The van der Waals surface area contributed by atoms with Crippen molar-refractivity contribution >= 4 is 17.5 Å². The van der Waals surface area contributed by atoms with E-state index >= 15 is 0 Å². The molecule has 124 valence electrons. The van der Waals surface area contributed by atoms with E-state index in [4.69, 9.17) is 0 Å². The third kappa shape index (κ3) is 3.43. The first-order valence-electron chi connectivity index (χ1n) is 8.08. The van der Waals surface area contributed by atoms with Gasteiger partial charge in [-0.1, -0.05) is 0 Å². The Bertz CT molecular complexity index is 717. The van der Waals surface area contributed by atoms with Crippen LogP contribution >= 0.6 is 0 Å². The fourth-order valence-electron chi connectivity index (χ4n) is 3.01. The first-order chi connectivity index (χ1) is 10.8. The first-order valence-corrected chi connectivity index (χ1v) is 8.08. The summed E-state index contributed by atoms with van der Waals surface area (Å²) in [6.07, 6.45) is 3.42. The highest BCUT2D eigenvalue weighted by molar-refractivity contribution is 5.80. The van der Waals surface area contributed by atoms with Crippen LogP contribution in [0.1, 0.15) is 39.3 Å². The molecule has 2 aromatic rings. The molecule has 0 aliphatic carbocycles. The van der Waals surface area contributed by atoms with E-state index in [-0.39, 0.29) is 17.4 Å². The Morgan fingerprint density at radius 2 is 2.17 bits per heavy atom. The number of amides is 1. The lowest BCUT2D eigenvalue weighted by molar-refractivity contribution is -0.126. The van der Waals surface area contributed by atoms with Gasteiger partial charge in [0.25, 0.3) is 5.78 Å². The van der Waals surface area contributed by atoms with Crippen molar-refractivity contribution in [2.24, 2.45) is 5.92 Å². The minimum Gasteiger partial charge on any atom is -0.356 e. The number of anilines is 1. The summed E-state index contributed by atoms with van der Waals surface area (Å²) in [4.78, 5) is 23.3. The number of nitrogens with one attached hydrogen (secondary N) is 1. The number of aromatic nitrogens is 4. The molecule has 1 aliphatic rings. The van der Waals surface area contributed by atoms with Gasteiger partial charge in [-0.2, -0.15) is 14.6 Å². The predicted octanol–water partition coefficient (Wildman–Crippen LogP) is 1.56. The van der Waals surface area contributed by atoms with E-state index in [9.17, 15) is 4.79 Å². The minimum absolute atomic E-state index is 0.00461. The molecule has 0 saturated carbocycles. The molecule has 1 aliphatic heterocycles. The van der Waals surface area contributed by atoms with Crippen LogP contribution < -0.4 is 10.2 Å². The Kier molecular flexibility index (Phi) is 3.95. The van der Waals surface area contributed by atoms with Crippen LogP contribution in [0.4, 0.5) is 5.82 Å². The molecule has 3 rings (SSSR count). The molecule has 0 spiro atoms. The minimum atomic E-state index is -0.203. The summed E-state index contributed by atoms with van der Waals surface area (Å²) in [7, 11) is 0. The van der Waals surface area contributed by atoms with Crippen LogP contribution in [0.25, 0.3) is 5.78 Å². The Hall–Kier alpha value is -2.18. The van der Waals surface area contributed by atoms with Crippen molar-refractivity contribution in [3.05, 3.63) is 18.1 Å². The van der Waals surface area contributed by atoms with E-state index in [1.54, 1.807) is 4.52 Å². The van der Waals surface area contributed by atoms with E-state index < -0.39 is 0 Å². The van der Waals surface area contributed by atoms with Crippen molar-refractivity contribution in [2.45, 2.75) is 46.1 Å². The van der Waals surface area contributed by atoms with Crippen LogP contribution in [0.3, 0.4) is 0 Å². The highest BCUT2D eigenvalue weighted by atomic mass is 16.2. The number of piperidine rings is 1. The van der Waals surface area contributed by atoms with Crippen LogP contribution in [0.5, 0.6) is 0 Å². The van der Waals surface area contributed by atoms with Crippen molar-refractivity contribution in [2.75, 3.05) is 18.0 Å². The highest BCUT2D eigenvalue weighted by Gasteiger charge is 2.29. The lowest BCUT2D eigenvalue weighted by Crippen LogP contribution is -2.49. The maximum Gasteiger partial charge on any atom is 0.254 e. The summed E-state index contributed by atoms with van der Waals surface area (Å²) >= 11 is 0. The molecule has 1 saturated heterocycles. The average molecular weight is 316 g/mol. The summed E-state index contributed by atoms with van der Waals surface area (Å²) in [5.74, 6) is 1.68. The number of nitrogens with zero attached hydrogens (tertiary/aromatic N) is 5. The zero-order valence-corrected chi connectivity index (χ0v) is 14.2. The van der Waals surface area contributed by atoms with E-state index in [1.807, 2.05) is 33.8 Å². The van der Waals surface area contributed by atoms with Gasteiger partial charge in [0, 0.05) is 30.4 Å². The van der Waals surface area contributed by atoms with Gasteiger partial charge in [-0.05, 0) is 40.5 Å². The molecule has 7 heteroatoms. The van der Waals surface area contributed by atoms with Crippen molar-refractivity contribution in [3.63, 3.8) is 0 Å². The Balaban J connectivity index is 1.83. The molecular formula is C16H24N6O. The number of hydrogen-bond donors (Lipinski definition) is 1. The van der Waals surface area contributed by atoms with Gasteiger partial charge in [0.05, 0.1) is 5.92 Å². The number of carbonyl (C=O) groups excluding carboxylic acids is 1. The lowest BCUT2D eigenvalue weighted by Gasteiger charge is -2.35. The lowest BCUT2D eigenvalue weighted by atomic mass is 9.95. The summed E-state index contributed by atoms with van der Waals surface area (Å²) in [6.45, 7) is 9.59. The molecule has 0 bridgehead atoms. The van der Waals surface area contributed by atoms with Gasteiger partial charge in [0.2, 0.25) is 5.91 Å². The van der Waals surface area contributed by atoms with E-state index in [0.29, 0.717) is 12.3 Å². The molecular weight excluding hydrogens is 292 g/mol.